The van der Waals surface area contributed by atoms with Crippen LogP contribution in [0.15, 0.2) is 0 Å². The van der Waals surface area contributed by atoms with Gasteiger partial charge in [-0.25, -0.2) is 4.39 Å². The van der Waals surface area contributed by atoms with Crippen molar-refractivity contribution in [3.63, 3.8) is 0 Å². The van der Waals surface area contributed by atoms with Gasteiger partial charge in [-0.05, 0) is 0 Å². The summed E-state index contributed by atoms with van der Waals surface area (Å²) in [5, 5.41) is 10.0. The highest BCUT2D eigenvalue weighted by Crippen LogP contribution is 2.30. The molecule has 1 fully saturated rings. The highest BCUT2D eigenvalue weighted by Gasteiger charge is 2.53. The number of hydrogen-bond acceptors (Lipinski definition) is 9. The number of ether oxygens (including phenoxy) is 5. The van der Waals surface area contributed by atoms with Crippen LogP contribution in [0.2, 0.25) is 0 Å². The van der Waals surface area contributed by atoms with Gasteiger partial charge < -0.3 is 28.8 Å². The van der Waals surface area contributed by atoms with E-state index in [1.165, 1.54) is 7.11 Å². The lowest BCUT2D eigenvalue weighted by Crippen LogP contribution is -2.63. The Morgan fingerprint density at radius 1 is 1.00 bits per heavy atom. The summed E-state index contributed by atoms with van der Waals surface area (Å²) in [4.78, 5) is 33.9. The number of carbonyl (C=O) groups excluding carboxylic acids is 3. The van der Waals surface area contributed by atoms with E-state index in [0.717, 1.165) is 20.8 Å². The molecule has 0 bridgehead atoms. The first kappa shape index (κ1) is 20.3. The van der Waals surface area contributed by atoms with Crippen LogP contribution in [0.5, 0.6) is 0 Å². The number of esters is 3. The Bertz CT molecular complexity index is 469. The molecule has 0 radical (unpaired) electrons. The van der Waals surface area contributed by atoms with E-state index in [0.29, 0.717) is 0 Å². The summed E-state index contributed by atoms with van der Waals surface area (Å²) in [5.74, 6) is -2.40. The number of methoxy groups -OCH3 is 1. The lowest BCUT2D eigenvalue weighted by Gasteiger charge is -2.43. The van der Waals surface area contributed by atoms with E-state index in [9.17, 15) is 23.9 Å². The fourth-order valence-corrected chi connectivity index (χ4v) is 2.37. The maximum Gasteiger partial charge on any atom is 0.303 e. The van der Waals surface area contributed by atoms with Crippen molar-refractivity contribution in [1.29, 1.82) is 0 Å². The van der Waals surface area contributed by atoms with Crippen LogP contribution < -0.4 is 0 Å². The number of aliphatic hydroxyl groups is 1. The van der Waals surface area contributed by atoms with Crippen LogP contribution >= 0.6 is 0 Å². The third kappa shape index (κ3) is 5.39. The third-order valence-corrected chi connectivity index (χ3v) is 3.14. The molecular weight excluding hydrogens is 331 g/mol. The minimum atomic E-state index is -1.80. The molecule has 0 aromatic carbocycles. The van der Waals surface area contributed by atoms with Crippen molar-refractivity contribution < 1.29 is 47.6 Å². The van der Waals surface area contributed by atoms with Crippen LogP contribution in [0.25, 0.3) is 0 Å². The molecule has 3 unspecified atom stereocenters. The van der Waals surface area contributed by atoms with Crippen molar-refractivity contribution in [3.05, 3.63) is 0 Å². The lowest BCUT2D eigenvalue weighted by atomic mass is 9.95. The number of hydrogen-bond donors (Lipinski definition) is 1. The van der Waals surface area contributed by atoms with E-state index in [4.69, 9.17) is 18.9 Å². The molecule has 1 aliphatic heterocycles. The maximum atomic E-state index is 14.3. The Morgan fingerprint density at radius 2 is 1.46 bits per heavy atom. The summed E-state index contributed by atoms with van der Waals surface area (Å²) in [6.45, 7) is 2.78. The quantitative estimate of drug-likeness (QED) is 0.498. The Hall–Kier alpha value is -1.78. The molecule has 1 heterocycles. The molecule has 1 aliphatic rings. The van der Waals surface area contributed by atoms with Crippen molar-refractivity contribution >= 4 is 17.9 Å². The molecule has 10 heteroatoms. The van der Waals surface area contributed by atoms with Gasteiger partial charge in [-0.1, -0.05) is 0 Å². The van der Waals surface area contributed by atoms with E-state index < -0.39 is 61.4 Å². The van der Waals surface area contributed by atoms with E-state index in [1.54, 1.807) is 0 Å². The van der Waals surface area contributed by atoms with Crippen molar-refractivity contribution in [3.8, 4) is 0 Å². The number of aliphatic hydroxyl groups excluding tert-OH is 1. The zero-order chi connectivity index (χ0) is 18.4. The monoisotopic (exact) mass is 352 g/mol. The molecule has 0 saturated carbocycles. The number of carbonyl (C=O) groups is 3. The summed E-state index contributed by atoms with van der Waals surface area (Å²) in [7, 11) is 1.25. The second kappa shape index (κ2) is 8.90. The highest BCUT2D eigenvalue weighted by atomic mass is 19.1. The summed E-state index contributed by atoms with van der Waals surface area (Å²) >= 11 is 0. The lowest BCUT2D eigenvalue weighted by molar-refractivity contribution is -0.301. The second-order valence-corrected chi connectivity index (χ2v) is 5.18. The zero-order valence-electron chi connectivity index (χ0n) is 13.8. The Labute approximate surface area is 137 Å². The Balaban J connectivity index is 3.18. The number of halogens is 1. The molecule has 0 spiro atoms. The summed E-state index contributed by atoms with van der Waals surface area (Å²) < 4.78 is 38.9. The predicted molar refractivity (Wildman–Crippen MR) is 74.3 cm³/mol. The molecule has 1 N–H and O–H groups in total. The standard InChI is InChI=1S/C14H21FO9/c1-6(16)21-11-10(9(15)5-20-4)24-14(19)13(23-8(3)18)12(11)22-7(2)17/h9-14,19H,5H2,1-4H3/t9-,10?,11+,12?,13+,14?/m0/s1. The first-order valence-electron chi connectivity index (χ1n) is 7.15. The molecule has 9 nitrogen and oxygen atoms in total. The van der Waals surface area contributed by atoms with Gasteiger partial charge in [0.2, 0.25) is 0 Å². The van der Waals surface area contributed by atoms with Gasteiger partial charge in [0, 0.05) is 27.9 Å². The van der Waals surface area contributed by atoms with Crippen molar-refractivity contribution in [2.45, 2.75) is 57.6 Å². The molecule has 0 aromatic heterocycles. The van der Waals surface area contributed by atoms with Crippen LogP contribution in [0.3, 0.4) is 0 Å². The van der Waals surface area contributed by atoms with Gasteiger partial charge in [-0.2, -0.15) is 0 Å². The Kier molecular flexibility index (Phi) is 7.52. The first-order chi connectivity index (χ1) is 11.2. The molecular formula is C14H21FO9. The van der Waals surface area contributed by atoms with Crippen LogP contribution in [0, 0.1) is 0 Å². The molecule has 0 aromatic rings. The van der Waals surface area contributed by atoms with Crippen molar-refractivity contribution in [1.82, 2.24) is 0 Å². The molecule has 1 rings (SSSR count). The zero-order valence-corrected chi connectivity index (χ0v) is 13.8. The average Bonchev–Trinajstić information content (AvgIpc) is 2.44. The van der Waals surface area contributed by atoms with Gasteiger partial charge in [0.05, 0.1) is 6.61 Å². The maximum absolute atomic E-state index is 14.3. The van der Waals surface area contributed by atoms with E-state index >= 15 is 0 Å². The van der Waals surface area contributed by atoms with Crippen LogP contribution in [0.4, 0.5) is 4.39 Å². The minimum Gasteiger partial charge on any atom is -0.456 e. The van der Waals surface area contributed by atoms with Gasteiger partial charge >= 0.3 is 17.9 Å². The SMILES string of the molecule is COC[C@H](F)C1OC(O)[C@H](OC(C)=O)C(OC(C)=O)[C@@H]1OC(C)=O. The highest BCUT2D eigenvalue weighted by molar-refractivity contribution is 5.68. The fourth-order valence-electron chi connectivity index (χ4n) is 2.37. The van der Waals surface area contributed by atoms with E-state index in [-0.39, 0.29) is 0 Å². The van der Waals surface area contributed by atoms with Gasteiger partial charge in [0.15, 0.2) is 30.8 Å². The number of alkyl halides is 1. The smallest absolute Gasteiger partial charge is 0.303 e. The fraction of sp³-hybridized carbons (Fsp3) is 0.786. The van der Waals surface area contributed by atoms with Gasteiger partial charge in [0.1, 0.15) is 6.10 Å². The largest absolute Gasteiger partial charge is 0.456 e. The average molecular weight is 352 g/mol. The molecule has 138 valence electrons. The molecule has 1 saturated heterocycles. The molecule has 6 atom stereocenters. The second-order valence-electron chi connectivity index (χ2n) is 5.18. The summed E-state index contributed by atoms with van der Waals surface area (Å²) in [6, 6.07) is 0. The third-order valence-electron chi connectivity index (χ3n) is 3.14. The minimum absolute atomic E-state index is 0.416. The molecule has 24 heavy (non-hydrogen) atoms. The van der Waals surface area contributed by atoms with Gasteiger partial charge in [0.25, 0.3) is 0 Å². The molecule has 0 amide bonds. The van der Waals surface area contributed by atoms with E-state index in [2.05, 4.69) is 4.74 Å². The van der Waals surface area contributed by atoms with Crippen LogP contribution in [-0.2, 0) is 38.1 Å². The molecule has 0 aliphatic carbocycles. The van der Waals surface area contributed by atoms with E-state index in [1.807, 2.05) is 0 Å². The summed E-state index contributed by atoms with van der Waals surface area (Å²) in [6.07, 6.45) is -9.44. The first-order valence-corrected chi connectivity index (χ1v) is 7.15. The van der Waals surface area contributed by atoms with Gasteiger partial charge in [-0.15, -0.1) is 0 Å². The van der Waals surface area contributed by atoms with Crippen LogP contribution in [-0.4, -0.2) is 73.6 Å². The number of rotatable bonds is 6. The van der Waals surface area contributed by atoms with Crippen LogP contribution in [0.1, 0.15) is 20.8 Å². The van der Waals surface area contributed by atoms with Crippen molar-refractivity contribution in [2.24, 2.45) is 0 Å². The normalized spacial score (nSPS) is 31.0. The van der Waals surface area contributed by atoms with Gasteiger partial charge in [-0.3, -0.25) is 14.4 Å². The predicted octanol–water partition coefficient (Wildman–Crippen LogP) is -0.517. The Morgan fingerprint density at radius 3 is 1.92 bits per heavy atom. The summed E-state index contributed by atoms with van der Waals surface area (Å²) in [5.41, 5.74) is 0. The van der Waals surface area contributed by atoms with Crippen molar-refractivity contribution in [2.75, 3.05) is 13.7 Å². The topological polar surface area (TPSA) is 118 Å².